The Balaban J connectivity index is 3.46. The first-order chi connectivity index (χ1) is 6.60. The van der Waals surface area contributed by atoms with Crippen LogP contribution in [0.3, 0.4) is 0 Å². The Morgan fingerprint density at radius 3 is 2.71 bits per heavy atom. The van der Waals surface area contributed by atoms with Crippen LogP contribution in [0.2, 0.25) is 0 Å². The SMILES string of the molecule is CC(CN)CCC(=O)NCC(O)CO. The normalized spacial score (nSPS) is 14.9. The Hall–Kier alpha value is -0.650. The van der Waals surface area contributed by atoms with Crippen molar-refractivity contribution in [3.05, 3.63) is 0 Å². The first-order valence-electron chi connectivity index (χ1n) is 4.85. The van der Waals surface area contributed by atoms with Gasteiger partial charge in [0.25, 0.3) is 0 Å². The molecule has 0 fully saturated rings. The number of aliphatic hydroxyl groups is 2. The van der Waals surface area contributed by atoms with Crippen molar-refractivity contribution in [1.82, 2.24) is 5.32 Å². The molecule has 0 aromatic carbocycles. The molecule has 0 saturated heterocycles. The molecule has 0 rings (SSSR count). The minimum atomic E-state index is -0.870. The van der Waals surface area contributed by atoms with Crippen molar-refractivity contribution in [3.8, 4) is 0 Å². The highest BCUT2D eigenvalue weighted by atomic mass is 16.3. The average Bonchev–Trinajstić information content (AvgIpc) is 2.22. The lowest BCUT2D eigenvalue weighted by Gasteiger charge is -2.10. The van der Waals surface area contributed by atoms with Gasteiger partial charge in [-0.05, 0) is 18.9 Å². The highest BCUT2D eigenvalue weighted by molar-refractivity contribution is 5.75. The molecule has 0 spiro atoms. The predicted octanol–water partition coefficient (Wildman–Crippen LogP) is -1.17. The Kier molecular flexibility index (Phi) is 7.37. The van der Waals surface area contributed by atoms with Crippen LogP contribution in [0.1, 0.15) is 19.8 Å². The largest absolute Gasteiger partial charge is 0.394 e. The van der Waals surface area contributed by atoms with E-state index in [0.717, 1.165) is 6.42 Å². The minimum Gasteiger partial charge on any atom is -0.394 e. The van der Waals surface area contributed by atoms with Gasteiger partial charge in [0, 0.05) is 13.0 Å². The fourth-order valence-electron chi connectivity index (χ4n) is 0.880. The third kappa shape index (κ3) is 6.82. The van der Waals surface area contributed by atoms with Crippen molar-refractivity contribution >= 4 is 5.91 Å². The number of carbonyl (C=O) groups excluding carboxylic acids is 1. The molecule has 84 valence electrons. The average molecular weight is 204 g/mol. The number of rotatable bonds is 7. The van der Waals surface area contributed by atoms with Crippen LogP contribution in [0.15, 0.2) is 0 Å². The monoisotopic (exact) mass is 204 g/mol. The Morgan fingerprint density at radius 2 is 2.21 bits per heavy atom. The first-order valence-corrected chi connectivity index (χ1v) is 4.85. The second-order valence-corrected chi connectivity index (χ2v) is 3.52. The maximum Gasteiger partial charge on any atom is 0.220 e. The summed E-state index contributed by atoms with van der Waals surface area (Å²) in [6.45, 7) is 2.33. The van der Waals surface area contributed by atoms with Crippen LogP contribution in [0.5, 0.6) is 0 Å². The molecule has 2 unspecified atom stereocenters. The summed E-state index contributed by atoms with van der Waals surface area (Å²) in [5.74, 6) is 0.223. The van der Waals surface area contributed by atoms with Crippen molar-refractivity contribution in [3.63, 3.8) is 0 Å². The summed E-state index contributed by atoms with van der Waals surface area (Å²) in [4.78, 5) is 11.1. The van der Waals surface area contributed by atoms with Crippen molar-refractivity contribution < 1.29 is 15.0 Å². The number of nitrogens with two attached hydrogens (primary N) is 1. The molecule has 0 aliphatic rings. The summed E-state index contributed by atoms with van der Waals surface area (Å²) in [5, 5.41) is 20.0. The van der Waals surface area contributed by atoms with Crippen LogP contribution in [-0.2, 0) is 4.79 Å². The molecule has 0 aliphatic carbocycles. The second kappa shape index (κ2) is 7.73. The molecule has 0 saturated carbocycles. The number of hydrogen-bond acceptors (Lipinski definition) is 4. The molecule has 0 aromatic rings. The molecule has 5 N–H and O–H groups in total. The number of aliphatic hydroxyl groups excluding tert-OH is 2. The zero-order valence-electron chi connectivity index (χ0n) is 8.57. The van der Waals surface area contributed by atoms with Gasteiger partial charge in [-0.2, -0.15) is 0 Å². The summed E-state index contributed by atoms with van der Waals surface area (Å²) in [6.07, 6.45) is 0.291. The van der Waals surface area contributed by atoms with Gasteiger partial charge in [-0.1, -0.05) is 6.92 Å². The Labute approximate surface area is 84.3 Å². The quantitative estimate of drug-likeness (QED) is 0.420. The first kappa shape index (κ1) is 13.4. The topological polar surface area (TPSA) is 95.6 Å². The minimum absolute atomic E-state index is 0.104. The van der Waals surface area contributed by atoms with E-state index in [1.54, 1.807) is 0 Å². The van der Waals surface area contributed by atoms with E-state index in [4.69, 9.17) is 15.9 Å². The van der Waals surface area contributed by atoms with E-state index in [9.17, 15) is 4.79 Å². The second-order valence-electron chi connectivity index (χ2n) is 3.52. The summed E-state index contributed by atoms with van der Waals surface area (Å²) in [7, 11) is 0. The third-order valence-electron chi connectivity index (χ3n) is 2.01. The lowest BCUT2D eigenvalue weighted by Crippen LogP contribution is -2.34. The van der Waals surface area contributed by atoms with Crippen LogP contribution in [-0.4, -0.2) is 41.9 Å². The lowest BCUT2D eigenvalue weighted by atomic mass is 10.1. The maximum atomic E-state index is 11.1. The summed E-state index contributed by atoms with van der Waals surface area (Å²) >= 11 is 0. The molecule has 2 atom stereocenters. The van der Waals surface area contributed by atoms with E-state index in [1.165, 1.54) is 0 Å². The van der Waals surface area contributed by atoms with Crippen molar-refractivity contribution in [2.75, 3.05) is 19.7 Å². The van der Waals surface area contributed by atoms with Gasteiger partial charge in [0.05, 0.1) is 12.7 Å². The van der Waals surface area contributed by atoms with Crippen LogP contribution < -0.4 is 11.1 Å². The van der Waals surface area contributed by atoms with Crippen molar-refractivity contribution in [2.24, 2.45) is 11.7 Å². The molecule has 0 radical (unpaired) electrons. The van der Waals surface area contributed by atoms with E-state index in [-0.39, 0.29) is 19.1 Å². The molecule has 0 bridgehead atoms. The molecule has 0 aliphatic heterocycles. The van der Waals surface area contributed by atoms with Gasteiger partial charge in [-0.15, -0.1) is 0 Å². The highest BCUT2D eigenvalue weighted by Crippen LogP contribution is 2.02. The zero-order valence-corrected chi connectivity index (χ0v) is 8.57. The molecular weight excluding hydrogens is 184 g/mol. The smallest absolute Gasteiger partial charge is 0.220 e. The molecule has 0 aromatic heterocycles. The summed E-state index contributed by atoms with van der Waals surface area (Å²) in [6, 6.07) is 0. The summed E-state index contributed by atoms with van der Waals surface area (Å²) in [5.41, 5.74) is 5.40. The third-order valence-corrected chi connectivity index (χ3v) is 2.01. The maximum absolute atomic E-state index is 11.1. The molecule has 5 heteroatoms. The molecular formula is C9H20N2O3. The Bertz CT molecular complexity index is 148. The van der Waals surface area contributed by atoms with Crippen LogP contribution in [0.4, 0.5) is 0 Å². The summed E-state index contributed by atoms with van der Waals surface area (Å²) < 4.78 is 0. The highest BCUT2D eigenvalue weighted by Gasteiger charge is 2.07. The van der Waals surface area contributed by atoms with Crippen LogP contribution in [0, 0.1) is 5.92 Å². The van der Waals surface area contributed by atoms with E-state index < -0.39 is 6.10 Å². The van der Waals surface area contributed by atoms with Crippen molar-refractivity contribution in [2.45, 2.75) is 25.9 Å². The van der Waals surface area contributed by atoms with Gasteiger partial charge in [0.1, 0.15) is 0 Å². The van der Waals surface area contributed by atoms with Crippen LogP contribution >= 0.6 is 0 Å². The van der Waals surface area contributed by atoms with E-state index in [0.29, 0.717) is 18.9 Å². The zero-order chi connectivity index (χ0) is 11.0. The van der Waals surface area contributed by atoms with Gasteiger partial charge in [-0.25, -0.2) is 0 Å². The van der Waals surface area contributed by atoms with Crippen molar-refractivity contribution in [1.29, 1.82) is 0 Å². The van der Waals surface area contributed by atoms with Gasteiger partial charge >= 0.3 is 0 Å². The fraction of sp³-hybridized carbons (Fsp3) is 0.889. The molecule has 0 heterocycles. The lowest BCUT2D eigenvalue weighted by molar-refractivity contribution is -0.121. The molecule has 1 amide bonds. The van der Waals surface area contributed by atoms with E-state index in [2.05, 4.69) is 5.32 Å². The number of nitrogens with one attached hydrogen (secondary N) is 1. The molecule has 14 heavy (non-hydrogen) atoms. The number of amides is 1. The van der Waals surface area contributed by atoms with E-state index in [1.807, 2.05) is 6.92 Å². The van der Waals surface area contributed by atoms with Gasteiger partial charge in [0.15, 0.2) is 0 Å². The number of hydrogen-bond donors (Lipinski definition) is 4. The fourth-order valence-corrected chi connectivity index (χ4v) is 0.880. The molecule has 5 nitrogen and oxygen atoms in total. The number of carbonyl (C=O) groups is 1. The van der Waals surface area contributed by atoms with E-state index >= 15 is 0 Å². The van der Waals surface area contributed by atoms with Crippen LogP contribution in [0.25, 0.3) is 0 Å². The van der Waals surface area contributed by atoms with Gasteiger partial charge in [0.2, 0.25) is 5.91 Å². The predicted molar refractivity (Wildman–Crippen MR) is 53.6 cm³/mol. The standard InChI is InChI=1S/C9H20N2O3/c1-7(4-10)2-3-9(14)11-5-8(13)6-12/h7-8,12-13H,2-6,10H2,1H3,(H,11,14). The Morgan fingerprint density at radius 1 is 1.57 bits per heavy atom. The van der Waals surface area contributed by atoms with Gasteiger partial charge in [-0.3, -0.25) is 4.79 Å². The van der Waals surface area contributed by atoms with Gasteiger partial charge < -0.3 is 21.3 Å².